The third-order valence-corrected chi connectivity index (χ3v) is 5.61. The van der Waals surface area contributed by atoms with Crippen molar-refractivity contribution < 1.29 is 19.0 Å². The molecule has 0 spiro atoms. The van der Waals surface area contributed by atoms with Crippen molar-refractivity contribution >= 4 is 16.8 Å². The number of benzene rings is 2. The van der Waals surface area contributed by atoms with Crippen molar-refractivity contribution in [2.75, 3.05) is 27.9 Å². The van der Waals surface area contributed by atoms with Crippen LogP contribution in [0.4, 0.5) is 0 Å². The van der Waals surface area contributed by atoms with Crippen molar-refractivity contribution in [1.29, 1.82) is 0 Å². The van der Waals surface area contributed by atoms with Crippen molar-refractivity contribution in [1.82, 2.24) is 9.88 Å². The zero-order valence-corrected chi connectivity index (χ0v) is 17.1. The molecule has 2 heterocycles. The van der Waals surface area contributed by atoms with Crippen molar-refractivity contribution in [3.63, 3.8) is 0 Å². The molecule has 1 aromatic heterocycles. The Hall–Kier alpha value is -3.15. The van der Waals surface area contributed by atoms with E-state index in [0.717, 1.165) is 35.2 Å². The fraction of sp³-hybridized carbons (Fsp3) is 0.348. The summed E-state index contributed by atoms with van der Waals surface area (Å²) >= 11 is 0. The van der Waals surface area contributed by atoms with E-state index in [1.54, 1.807) is 21.3 Å². The maximum Gasteiger partial charge on any atom is 0.223 e. The first kappa shape index (κ1) is 19.2. The fourth-order valence-corrected chi connectivity index (χ4v) is 3.98. The first-order chi connectivity index (χ1) is 14.1. The Bertz CT molecular complexity index is 1040. The van der Waals surface area contributed by atoms with Crippen LogP contribution in [0, 0.1) is 0 Å². The topological polar surface area (TPSA) is 63.8 Å². The zero-order chi connectivity index (χ0) is 20.4. The molecule has 0 saturated heterocycles. The summed E-state index contributed by atoms with van der Waals surface area (Å²) in [6.07, 6.45) is 1.98. The molecule has 152 valence electrons. The quantitative estimate of drug-likeness (QED) is 0.692. The molecule has 4 rings (SSSR count). The highest BCUT2D eigenvalue weighted by Gasteiger charge is 2.24. The molecule has 6 nitrogen and oxygen atoms in total. The number of aromatic amines is 1. The van der Waals surface area contributed by atoms with Crippen molar-refractivity contribution in [3.8, 4) is 17.2 Å². The first-order valence-corrected chi connectivity index (χ1v) is 9.79. The minimum atomic E-state index is 0.169. The van der Waals surface area contributed by atoms with Gasteiger partial charge < -0.3 is 24.1 Å². The molecule has 0 saturated carbocycles. The molecule has 0 aliphatic carbocycles. The summed E-state index contributed by atoms with van der Waals surface area (Å²) < 4.78 is 16.0. The van der Waals surface area contributed by atoms with Crippen LogP contribution in [0.5, 0.6) is 17.2 Å². The highest BCUT2D eigenvalue weighted by molar-refractivity contribution is 5.87. The van der Waals surface area contributed by atoms with Gasteiger partial charge in [-0.3, -0.25) is 4.79 Å². The predicted octanol–water partition coefficient (Wildman–Crippen LogP) is 3.71. The third-order valence-electron chi connectivity index (χ3n) is 5.61. The molecule has 1 aliphatic heterocycles. The van der Waals surface area contributed by atoms with Gasteiger partial charge in [0.1, 0.15) is 5.75 Å². The number of carbonyl (C=O) groups excluding carboxylic acids is 1. The summed E-state index contributed by atoms with van der Waals surface area (Å²) in [6.45, 7) is 1.37. The largest absolute Gasteiger partial charge is 0.497 e. The van der Waals surface area contributed by atoms with Crippen molar-refractivity contribution in [2.45, 2.75) is 25.8 Å². The molecule has 0 unspecified atom stereocenters. The van der Waals surface area contributed by atoms with Crippen LogP contribution < -0.4 is 14.2 Å². The second-order valence-corrected chi connectivity index (χ2v) is 7.25. The van der Waals surface area contributed by atoms with Gasteiger partial charge in [-0.05, 0) is 42.3 Å². The number of amides is 1. The van der Waals surface area contributed by atoms with Crippen LogP contribution >= 0.6 is 0 Å². The Kier molecular flexibility index (Phi) is 5.34. The Labute approximate surface area is 170 Å². The number of nitrogens with one attached hydrogen (secondary N) is 1. The lowest BCUT2D eigenvalue weighted by molar-refractivity contribution is -0.132. The summed E-state index contributed by atoms with van der Waals surface area (Å²) in [5, 5.41) is 1.14. The maximum atomic E-state index is 12.9. The van der Waals surface area contributed by atoms with E-state index in [1.165, 1.54) is 11.3 Å². The van der Waals surface area contributed by atoms with E-state index in [0.29, 0.717) is 30.9 Å². The van der Waals surface area contributed by atoms with Gasteiger partial charge in [0, 0.05) is 48.1 Å². The summed E-state index contributed by atoms with van der Waals surface area (Å²) in [6, 6.07) is 11.8. The number of fused-ring (bicyclic) bond motifs is 3. The van der Waals surface area contributed by atoms with Gasteiger partial charge in [0.05, 0.1) is 21.3 Å². The zero-order valence-electron chi connectivity index (χ0n) is 17.1. The van der Waals surface area contributed by atoms with Gasteiger partial charge in [-0.25, -0.2) is 0 Å². The van der Waals surface area contributed by atoms with Crippen LogP contribution in [-0.4, -0.2) is 43.7 Å². The van der Waals surface area contributed by atoms with Gasteiger partial charge in [-0.15, -0.1) is 0 Å². The minimum absolute atomic E-state index is 0.169. The molecule has 1 amide bonds. The summed E-state index contributed by atoms with van der Waals surface area (Å²) in [4.78, 5) is 18.3. The van der Waals surface area contributed by atoms with E-state index >= 15 is 0 Å². The molecule has 0 bridgehead atoms. The molecule has 0 radical (unpaired) electrons. The van der Waals surface area contributed by atoms with Gasteiger partial charge in [0.2, 0.25) is 5.91 Å². The molecule has 1 N–H and O–H groups in total. The molecular weight excluding hydrogens is 368 g/mol. The Morgan fingerprint density at radius 1 is 1.03 bits per heavy atom. The van der Waals surface area contributed by atoms with Crippen LogP contribution in [0.1, 0.15) is 23.2 Å². The van der Waals surface area contributed by atoms with Gasteiger partial charge in [-0.2, -0.15) is 0 Å². The second kappa shape index (κ2) is 8.07. The van der Waals surface area contributed by atoms with Gasteiger partial charge in [-0.1, -0.05) is 6.07 Å². The van der Waals surface area contributed by atoms with Gasteiger partial charge >= 0.3 is 0 Å². The number of methoxy groups -OCH3 is 3. The predicted molar refractivity (Wildman–Crippen MR) is 112 cm³/mol. The van der Waals surface area contributed by atoms with E-state index in [1.807, 2.05) is 41.3 Å². The summed E-state index contributed by atoms with van der Waals surface area (Å²) in [5.41, 5.74) is 4.57. The number of hydrogen-bond donors (Lipinski definition) is 1. The number of aryl methyl sites for hydroxylation is 1. The molecule has 0 fully saturated rings. The Morgan fingerprint density at radius 2 is 1.86 bits per heavy atom. The molecule has 0 atom stereocenters. The van der Waals surface area contributed by atoms with Gasteiger partial charge in [0.15, 0.2) is 11.5 Å². The Balaban J connectivity index is 1.46. The van der Waals surface area contributed by atoms with E-state index in [9.17, 15) is 4.79 Å². The molecular formula is C23H26N2O4. The van der Waals surface area contributed by atoms with E-state index in [2.05, 4.69) is 4.98 Å². The molecule has 1 aliphatic rings. The summed E-state index contributed by atoms with van der Waals surface area (Å²) in [5.74, 6) is 2.38. The van der Waals surface area contributed by atoms with Crippen LogP contribution in [0.3, 0.4) is 0 Å². The minimum Gasteiger partial charge on any atom is -0.497 e. The third kappa shape index (κ3) is 3.75. The lowest BCUT2D eigenvalue weighted by Crippen LogP contribution is -2.35. The normalized spacial score (nSPS) is 13.3. The van der Waals surface area contributed by atoms with E-state index < -0.39 is 0 Å². The van der Waals surface area contributed by atoms with Gasteiger partial charge in [0.25, 0.3) is 0 Å². The molecule has 6 heteroatoms. The number of nitrogens with zero attached hydrogens (tertiary/aromatic N) is 1. The van der Waals surface area contributed by atoms with Crippen LogP contribution in [0.25, 0.3) is 10.9 Å². The number of aromatic nitrogens is 1. The number of H-pyrrole nitrogens is 1. The molecule has 29 heavy (non-hydrogen) atoms. The van der Waals surface area contributed by atoms with Crippen molar-refractivity contribution in [2.24, 2.45) is 0 Å². The van der Waals surface area contributed by atoms with Crippen LogP contribution in [0.2, 0.25) is 0 Å². The molecule has 2 aromatic carbocycles. The maximum absolute atomic E-state index is 12.9. The SMILES string of the molecule is COc1ccc2[nH]c3c(c2c1)CN(C(=O)CCc1ccc(OC)c(OC)c1)CC3. The number of rotatable bonds is 6. The number of hydrogen-bond acceptors (Lipinski definition) is 4. The fourth-order valence-electron chi connectivity index (χ4n) is 3.98. The first-order valence-electron chi connectivity index (χ1n) is 9.79. The average molecular weight is 394 g/mol. The van der Waals surface area contributed by atoms with E-state index in [4.69, 9.17) is 14.2 Å². The van der Waals surface area contributed by atoms with E-state index in [-0.39, 0.29) is 5.91 Å². The van der Waals surface area contributed by atoms with Crippen LogP contribution in [0.15, 0.2) is 36.4 Å². The molecule has 3 aromatic rings. The second-order valence-electron chi connectivity index (χ2n) is 7.25. The summed E-state index contributed by atoms with van der Waals surface area (Å²) in [7, 11) is 4.91. The average Bonchev–Trinajstić information content (AvgIpc) is 3.14. The highest BCUT2D eigenvalue weighted by Crippen LogP contribution is 2.31. The van der Waals surface area contributed by atoms with Crippen molar-refractivity contribution in [3.05, 3.63) is 53.2 Å². The monoisotopic (exact) mass is 394 g/mol. The van der Waals surface area contributed by atoms with Crippen LogP contribution in [-0.2, 0) is 24.2 Å². The number of carbonyl (C=O) groups is 1. The smallest absolute Gasteiger partial charge is 0.223 e. The lowest BCUT2D eigenvalue weighted by Gasteiger charge is -2.27. The Morgan fingerprint density at radius 3 is 2.62 bits per heavy atom. The lowest BCUT2D eigenvalue weighted by atomic mass is 10.0. The standard InChI is InChI=1S/C23H26N2O4/c1-27-16-6-7-19-17(13-16)18-14-25(11-10-20(18)24-19)23(26)9-5-15-4-8-21(28-2)22(12-15)29-3/h4,6-8,12-13,24H,5,9-11,14H2,1-3H3. The highest BCUT2D eigenvalue weighted by atomic mass is 16.5. The number of ether oxygens (including phenoxy) is 3.